The van der Waals surface area contributed by atoms with Gasteiger partial charge in [0, 0.05) is 12.7 Å². The molecule has 0 aliphatic heterocycles. The molecule has 2 N–H and O–H groups in total. The highest BCUT2D eigenvalue weighted by Crippen LogP contribution is 2.24. The molecule has 4 nitrogen and oxygen atoms in total. The number of benzene rings is 2. The minimum atomic E-state index is -3.56. The molecule has 0 aliphatic rings. The molecule has 2 aromatic rings. The van der Waals surface area contributed by atoms with Gasteiger partial charge in [0.1, 0.15) is 0 Å². The Kier molecular flexibility index (Phi) is 3.72. The largest absolute Gasteiger partial charge is 0.399 e. The third kappa shape index (κ3) is 2.63. The Bertz CT molecular complexity index is 722. The van der Waals surface area contributed by atoms with E-state index in [4.69, 9.17) is 5.73 Å². The highest BCUT2D eigenvalue weighted by atomic mass is 32.2. The normalized spacial score (nSPS) is 11.3. The van der Waals surface area contributed by atoms with Crippen molar-refractivity contribution < 1.29 is 8.42 Å². The van der Waals surface area contributed by atoms with Crippen molar-refractivity contribution in [2.45, 2.75) is 18.7 Å². The maximum Gasteiger partial charge on any atom is 0.264 e. The number of nitrogens with two attached hydrogens (primary N) is 1. The van der Waals surface area contributed by atoms with Crippen molar-refractivity contribution >= 4 is 21.4 Å². The van der Waals surface area contributed by atoms with Crippen LogP contribution in [0.25, 0.3) is 0 Å². The first-order valence-corrected chi connectivity index (χ1v) is 7.68. The molecule has 106 valence electrons. The molecule has 0 radical (unpaired) electrons. The molecular weight excluding hydrogens is 272 g/mol. The van der Waals surface area contributed by atoms with E-state index >= 15 is 0 Å². The Labute approximate surface area is 119 Å². The number of hydrogen-bond donors (Lipinski definition) is 1. The van der Waals surface area contributed by atoms with Crippen LogP contribution in [0.15, 0.2) is 47.4 Å². The second-order valence-electron chi connectivity index (χ2n) is 4.81. The molecule has 0 amide bonds. The van der Waals surface area contributed by atoms with E-state index in [-0.39, 0.29) is 4.90 Å². The maximum absolute atomic E-state index is 12.5. The molecule has 0 aliphatic carbocycles. The highest BCUT2D eigenvalue weighted by molar-refractivity contribution is 7.92. The van der Waals surface area contributed by atoms with Crippen LogP contribution in [0.1, 0.15) is 11.1 Å². The van der Waals surface area contributed by atoms with Gasteiger partial charge < -0.3 is 5.73 Å². The van der Waals surface area contributed by atoms with Crippen LogP contribution in [0.3, 0.4) is 0 Å². The van der Waals surface area contributed by atoms with Crippen LogP contribution in [0.4, 0.5) is 11.4 Å². The molecule has 0 saturated heterocycles. The predicted molar refractivity (Wildman–Crippen MR) is 82.4 cm³/mol. The molecule has 0 fully saturated rings. The molecule has 2 rings (SSSR count). The van der Waals surface area contributed by atoms with Crippen LogP contribution in [-0.2, 0) is 10.0 Å². The van der Waals surface area contributed by atoms with E-state index in [0.29, 0.717) is 11.4 Å². The van der Waals surface area contributed by atoms with Gasteiger partial charge in [-0.15, -0.1) is 0 Å². The molecule has 0 saturated carbocycles. The standard InChI is InChI=1S/C15H18N2O2S/c1-11-4-7-14(10-12(11)2)17(3)20(18,19)15-8-5-13(16)6-9-15/h4-10H,16H2,1-3H3. The molecule has 20 heavy (non-hydrogen) atoms. The van der Waals surface area contributed by atoms with E-state index in [1.165, 1.54) is 16.4 Å². The minimum Gasteiger partial charge on any atom is -0.399 e. The van der Waals surface area contributed by atoms with Crippen LogP contribution in [0.2, 0.25) is 0 Å². The van der Waals surface area contributed by atoms with Crippen molar-refractivity contribution in [1.29, 1.82) is 0 Å². The van der Waals surface area contributed by atoms with Crippen molar-refractivity contribution in [2.75, 3.05) is 17.1 Å². The summed E-state index contributed by atoms with van der Waals surface area (Å²) >= 11 is 0. The number of anilines is 2. The Hall–Kier alpha value is -2.01. The van der Waals surface area contributed by atoms with Gasteiger partial charge in [0.2, 0.25) is 0 Å². The first kappa shape index (κ1) is 14.4. The lowest BCUT2D eigenvalue weighted by molar-refractivity contribution is 0.594. The van der Waals surface area contributed by atoms with Crippen LogP contribution in [0, 0.1) is 13.8 Å². The fourth-order valence-electron chi connectivity index (χ4n) is 1.86. The van der Waals surface area contributed by atoms with Gasteiger partial charge in [-0.1, -0.05) is 6.07 Å². The summed E-state index contributed by atoms with van der Waals surface area (Å²) in [4.78, 5) is 0.229. The Morgan fingerprint density at radius 2 is 1.55 bits per heavy atom. The fraction of sp³-hybridized carbons (Fsp3) is 0.200. The van der Waals surface area contributed by atoms with Gasteiger partial charge in [-0.3, -0.25) is 4.31 Å². The van der Waals surface area contributed by atoms with Gasteiger partial charge in [-0.05, 0) is 61.4 Å². The minimum absolute atomic E-state index is 0.229. The summed E-state index contributed by atoms with van der Waals surface area (Å²) in [5.74, 6) is 0. The Morgan fingerprint density at radius 1 is 0.950 bits per heavy atom. The SMILES string of the molecule is Cc1ccc(N(C)S(=O)(=O)c2ccc(N)cc2)cc1C. The summed E-state index contributed by atoms with van der Waals surface area (Å²) in [6, 6.07) is 11.8. The van der Waals surface area contributed by atoms with Crippen molar-refractivity contribution in [2.24, 2.45) is 0 Å². The molecular formula is C15H18N2O2S. The predicted octanol–water partition coefficient (Wildman–Crippen LogP) is 2.71. The molecule has 2 aromatic carbocycles. The maximum atomic E-state index is 12.5. The molecule has 0 unspecified atom stereocenters. The summed E-state index contributed by atoms with van der Waals surface area (Å²) in [5.41, 5.74) is 8.96. The molecule has 0 atom stereocenters. The first-order valence-electron chi connectivity index (χ1n) is 6.24. The zero-order valence-corrected chi connectivity index (χ0v) is 12.6. The topological polar surface area (TPSA) is 63.4 Å². The van der Waals surface area contributed by atoms with Crippen molar-refractivity contribution in [3.05, 3.63) is 53.6 Å². The average molecular weight is 290 g/mol. The van der Waals surface area contributed by atoms with Gasteiger partial charge in [0.05, 0.1) is 10.6 Å². The van der Waals surface area contributed by atoms with Crippen molar-refractivity contribution in [3.63, 3.8) is 0 Å². The van der Waals surface area contributed by atoms with E-state index < -0.39 is 10.0 Å². The summed E-state index contributed by atoms with van der Waals surface area (Å²) < 4.78 is 26.3. The lowest BCUT2D eigenvalue weighted by atomic mass is 10.1. The van der Waals surface area contributed by atoms with E-state index in [1.54, 1.807) is 25.2 Å². The second-order valence-corrected chi connectivity index (χ2v) is 6.78. The third-order valence-electron chi connectivity index (χ3n) is 3.39. The van der Waals surface area contributed by atoms with Crippen molar-refractivity contribution in [1.82, 2.24) is 0 Å². The molecule has 0 spiro atoms. The quantitative estimate of drug-likeness (QED) is 0.884. The van der Waals surface area contributed by atoms with Gasteiger partial charge in [0.15, 0.2) is 0 Å². The molecule has 0 bridgehead atoms. The Morgan fingerprint density at radius 3 is 2.10 bits per heavy atom. The van der Waals surface area contributed by atoms with Crippen molar-refractivity contribution in [3.8, 4) is 0 Å². The second kappa shape index (κ2) is 5.17. The van der Waals surface area contributed by atoms with Gasteiger partial charge in [0.25, 0.3) is 10.0 Å². The summed E-state index contributed by atoms with van der Waals surface area (Å²) in [6.07, 6.45) is 0. The van der Waals surface area contributed by atoms with Gasteiger partial charge >= 0.3 is 0 Å². The van der Waals surface area contributed by atoms with Gasteiger partial charge in [-0.2, -0.15) is 0 Å². The summed E-state index contributed by atoms with van der Waals surface area (Å²) in [7, 11) is -2.01. The van der Waals surface area contributed by atoms with E-state index in [0.717, 1.165) is 11.1 Å². The number of hydrogen-bond acceptors (Lipinski definition) is 3. The van der Waals surface area contributed by atoms with E-state index in [2.05, 4.69) is 0 Å². The number of rotatable bonds is 3. The van der Waals surface area contributed by atoms with Gasteiger partial charge in [-0.25, -0.2) is 8.42 Å². The fourth-order valence-corrected chi connectivity index (χ4v) is 3.05. The molecule has 0 heterocycles. The zero-order chi connectivity index (χ0) is 14.9. The number of sulfonamides is 1. The number of nitrogens with zero attached hydrogens (tertiary/aromatic N) is 1. The lowest BCUT2D eigenvalue weighted by Gasteiger charge is -2.20. The molecule has 0 aromatic heterocycles. The number of aryl methyl sites for hydroxylation is 2. The highest BCUT2D eigenvalue weighted by Gasteiger charge is 2.21. The smallest absolute Gasteiger partial charge is 0.264 e. The summed E-state index contributed by atoms with van der Waals surface area (Å²) in [5, 5.41) is 0. The van der Waals surface area contributed by atoms with Crippen LogP contribution in [-0.4, -0.2) is 15.5 Å². The van der Waals surface area contributed by atoms with Crippen LogP contribution < -0.4 is 10.0 Å². The van der Waals surface area contributed by atoms with Crippen LogP contribution in [0.5, 0.6) is 0 Å². The third-order valence-corrected chi connectivity index (χ3v) is 5.19. The molecule has 5 heteroatoms. The zero-order valence-electron chi connectivity index (χ0n) is 11.8. The van der Waals surface area contributed by atoms with E-state index in [9.17, 15) is 8.42 Å². The van der Waals surface area contributed by atoms with E-state index in [1.807, 2.05) is 26.0 Å². The average Bonchev–Trinajstić information content (AvgIpc) is 2.41. The monoisotopic (exact) mass is 290 g/mol. The van der Waals surface area contributed by atoms with Crippen LogP contribution >= 0.6 is 0 Å². The number of nitrogen functional groups attached to an aromatic ring is 1. The first-order chi connectivity index (χ1) is 9.32. The Balaban J connectivity index is 2.42. The lowest BCUT2D eigenvalue weighted by Crippen LogP contribution is -2.26. The summed E-state index contributed by atoms with van der Waals surface area (Å²) in [6.45, 7) is 3.95.